The van der Waals surface area contributed by atoms with Crippen LogP contribution < -0.4 is 0 Å². The Balaban J connectivity index is 0.000000315. The Kier molecular flexibility index (Phi) is 11.2. The summed E-state index contributed by atoms with van der Waals surface area (Å²) in [6, 6.07) is 6.44. The molecular formula is C37H49N5O4. The molecule has 0 spiro atoms. The van der Waals surface area contributed by atoms with Crippen LogP contribution >= 0.6 is 0 Å². The van der Waals surface area contributed by atoms with E-state index in [1.165, 1.54) is 23.6 Å². The summed E-state index contributed by atoms with van der Waals surface area (Å²) in [7, 11) is 1.75. The molecule has 246 valence electrons. The van der Waals surface area contributed by atoms with Crippen molar-refractivity contribution in [1.82, 2.24) is 24.8 Å². The summed E-state index contributed by atoms with van der Waals surface area (Å²) in [4.78, 5) is 40.3. The van der Waals surface area contributed by atoms with Gasteiger partial charge in [0.05, 0.1) is 24.6 Å². The first-order chi connectivity index (χ1) is 21.9. The normalized spacial score (nSPS) is 14.0. The van der Waals surface area contributed by atoms with E-state index in [9.17, 15) is 14.7 Å². The molecule has 3 aromatic heterocycles. The van der Waals surface area contributed by atoms with Crippen molar-refractivity contribution >= 4 is 45.6 Å². The van der Waals surface area contributed by atoms with Gasteiger partial charge in [-0.05, 0) is 99.1 Å². The van der Waals surface area contributed by atoms with Crippen LogP contribution in [0, 0.1) is 20.8 Å². The number of carbonyl (C=O) groups excluding carboxylic acids is 2. The third kappa shape index (κ3) is 7.58. The predicted octanol–water partition coefficient (Wildman–Crippen LogP) is 7.01. The van der Waals surface area contributed by atoms with Crippen molar-refractivity contribution in [1.29, 1.82) is 0 Å². The molecule has 0 aromatic carbocycles. The number of aliphatic hydroxyl groups is 1. The Morgan fingerprint density at radius 3 is 2.24 bits per heavy atom. The minimum Gasteiger partial charge on any atom is -0.466 e. The van der Waals surface area contributed by atoms with E-state index in [4.69, 9.17) is 14.7 Å². The number of aliphatic hydroxyl groups excluding tert-OH is 1. The summed E-state index contributed by atoms with van der Waals surface area (Å²) in [5.74, 6) is 0.174. The number of rotatable bonds is 7. The topological polar surface area (TPSA) is 124 Å². The Labute approximate surface area is 272 Å². The fourth-order valence-electron chi connectivity index (χ4n) is 6.03. The van der Waals surface area contributed by atoms with E-state index in [-0.39, 0.29) is 18.5 Å². The molecule has 46 heavy (non-hydrogen) atoms. The van der Waals surface area contributed by atoms with E-state index in [0.29, 0.717) is 31.9 Å². The van der Waals surface area contributed by atoms with Crippen molar-refractivity contribution in [3.05, 3.63) is 68.8 Å². The van der Waals surface area contributed by atoms with Crippen molar-refractivity contribution in [3.63, 3.8) is 0 Å². The largest absolute Gasteiger partial charge is 0.466 e. The summed E-state index contributed by atoms with van der Waals surface area (Å²) < 4.78 is 4.73. The molecule has 0 fully saturated rings. The second kappa shape index (κ2) is 14.9. The molecule has 2 aliphatic rings. The van der Waals surface area contributed by atoms with Gasteiger partial charge in [-0.1, -0.05) is 20.8 Å². The molecule has 0 radical (unpaired) electrons. The van der Waals surface area contributed by atoms with Gasteiger partial charge in [0.25, 0.3) is 0 Å². The molecule has 8 bridgehead atoms. The molecule has 0 saturated heterocycles. The quantitative estimate of drug-likeness (QED) is 0.191. The van der Waals surface area contributed by atoms with Crippen LogP contribution in [0.2, 0.25) is 0 Å². The number of nitrogens with one attached hydrogen (secondary N) is 2. The number of H-pyrrole nitrogens is 2. The maximum atomic E-state index is 11.1. The van der Waals surface area contributed by atoms with E-state index in [1.807, 2.05) is 6.92 Å². The van der Waals surface area contributed by atoms with Gasteiger partial charge >= 0.3 is 5.97 Å². The molecule has 3 N–H and O–H groups in total. The number of hydrogen-bond donors (Lipinski definition) is 3. The lowest BCUT2D eigenvalue weighted by Gasteiger charge is -2.15. The van der Waals surface area contributed by atoms with Crippen molar-refractivity contribution < 1.29 is 19.4 Å². The van der Waals surface area contributed by atoms with E-state index in [1.54, 1.807) is 11.9 Å². The maximum absolute atomic E-state index is 11.1. The summed E-state index contributed by atoms with van der Waals surface area (Å²) >= 11 is 0. The number of nitrogens with zero attached hydrogens (tertiary/aromatic N) is 3. The molecule has 1 unspecified atom stereocenters. The number of aryl methyl sites for hydroxylation is 3. The Bertz CT molecular complexity index is 1810. The first-order valence-electron chi connectivity index (χ1n) is 16.3. The number of ether oxygens (including phenoxy) is 1. The average molecular weight is 628 g/mol. The predicted molar refractivity (Wildman–Crippen MR) is 185 cm³/mol. The summed E-state index contributed by atoms with van der Waals surface area (Å²) in [5.41, 5.74) is 15.1. The lowest BCUT2D eigenvalue weighted by atomic mass is 10.0. The van der Waals surface area contributed by atoms with Gasteiger partial charge in [0.1, 0.15) is 0 Å². The van der Waals surface area contributed by atoms with Gasteiger partial charge in [-0.25, -0.2) is 4.98 Å². The number of hydrogen-bond acceptors (Lipinski definition) is 6. The van der Waals surface area contributed by atoms with Gasteiger partial charge in [0.15, 0.2) is 0 Å². The maximum Gasteiger partial charge on any atom is 0.302 e. The van der Waals surface area contributed by atoms with Crippen LogP contribution in [0.1, 0.15) is 104 Å². The average Bonchev–Trinajstić information content (AvgIpc) is 3.74. The standard InChI is InChI=1S/C28H32N4O.C9H17NO3/c1-7-19-16(4)26-12-28-20(13-33)17(5)25(32-28)10-21-14(2)8-23(29-21)18(6)24-9-15(3)22(30-24)11-27(19)31-26;1-4-9(12)10(3)6-5-7-13-8(2)11/h9-12,14,31-33H,7-8,13H2,1-6H3;4-7H2,1-3H3. The molecule has 0 aliphatic carbocycles. The number of aromatic nitrogens is 4. The minimum atomic E-state index is -0.274. The third-order valence-corrected chi connectivity index (χ3v) is 9.03. The van der Waals surface area contributed by atoms with Crippen LogP contribution in [0.4, 0.5) is 0 Å². The molecule has 1 amide bonds. The van der Waals surface area contributed by atoms with Gasteiger partial charge in [0, 0.05) is 71.9 Å². The number of aromatic amines is 2. The smallest absolute Gasteiger partial charge is 0.302 e. The molecule has 0 saturated carbocycles. The number of fused-ring (bicyclic) bond motifs is 8. The van der Waals surface area contributed by atoms with Gasteiger partial charge in [-0.15, -0.1) is 0 Å². The molecule has 5 rings (SSSR count). The highest BCUT2D eigenvalue weighted by molar-refractivity contribution is 5.85. The van der Waals surface area contributed by atoms with Crippen molar-refractivity contribution in [2.75, 3.05) is 20.2 Å². The van der Waals surface area contributed by atoms with Crippen molar-refractivity contribution in [3.8, 4) is 0 Å². The van der Waals surface area contributed by atoms with Crippen LogP contribution in [0.5, 0.6) is 0 Å². The van der Waals surface area contributed by atoms with Crippen LogP contribution in [-0.2, 0) is 33.8 Å². The summed E-state index contributed by atoms with van der Waals surface area (Å²) in [5, 5.41) is 10.2. The molecule has 9 nitrogen and oxygen atoms in total. The fraction of sp³-hybridized carbons (Fsp3) is 0.459. The van der Waals surface area contributed by atoms with Crippen LogP contribution in [0.15, 0.2) is 18.2 Å². The van der Waals surface area contributed by atoms with E-state index in [0.717, 1.165) is 74.4 Å². The zero-order valence-electron chi connectivity index (χ0n) is 28.9. The zero-order chi connectivity index (χ0) is 33.7. The van der Waals surface area contributed by atoms with E-state index < -0.39 is 0 Å². The van der Waals surface area contributed by atoms with Gasteiger partial charge in [0.2, 0.25) is 5.91 Å². The monoisotopic (exact) mass is 627 g/mol. The Morgan fingerprint density at radius 2 is 1.61 bits per heavy atom. The second-order valence-electron chi connectivity index (χ2n) is 12.3. The molecule has 5 heterocycles. The number of allylic oxidation sites excluding steroid dienone is 1. The van der Waals surface area contributed by atoms with Crippen LogP contribution in [0.3, 0.4) is 0 Å². The zero-order valence-corrected chi connectivity index (χ0v) is 28.9. The first kappa shape index (κ1) is 34.6. The fourth-order valence-corrected chi connectivity index (χ4v) is 6.03. The molecular weight excluding hydrogens is 578 g/mol. The van der Waals surface area contributed by atoms with E-state index >= 15 is 0 Å². The lowest BCUT2D eigenvalue weighted by molar-refractivity contribution is -0.141. The van der Waals surface area contributed by atoms with Gasteiger partial charge < -0.3 is 24.7 Å². The number of esters is 1. The Hall–Kier alpha value is -4.24. The van der Waals surface area contributed by atoms with Crippen molar-refractivity contribution in [2.24, 2.45) is 0 Å². The first-order valence-corrected chi connectivity index (χ1v) is 16.3. The van der Waals surface area contributed by atoms with Crippen LogP contribution in [-0.4, -0.2) is 62.0 Å². The van der Waals surface area contributed by atoms with Gasteiger partial charge in [-0.2, -0.15) is 0 Å². The minimum absolute atomic E-state index is 0.00716. The van der Waals surface area contributed by atoms with Crippen LogP contribution in [0.25, 0.3) is 33.7 Å². The highest BCUT2D eigenvalue weighted by Crippen LogP contribution is 2.31. The summed E-state index contributed by atoms with van der Waals surface area (Å²) in [6.07, 6.45) is 5.23. The summed E-state index contributed by atoms with van der Waals surface area (Å²) in [6.45, 7) is 17.1. The highest BCUT2D eigenvalue weighted by atomic mass is 16.5. The molecule has 3 aromatic rings. The SMILES string of the molecule is CCC(=O)N(C)CCCOC(C)=O.CCc1c(C)c2cc3[nH]c(cc4nc(c(C)c5nc(cc1[nH]2)C(C)=C5)CC4C)c(C)c3CO. The molecule has 1 atom stereocenters. The van der Waals surface area contributed by atoms with E-state index in [2.05, 4.69) is 75.8 Å². The third-order valence-electron chi connectivity index (χ3n) is 9.03. The lowest BCUT2D eigenvalue weighted by Crippen LogP contribution is -2.27. The number of amides is 1. The molecule has 2 aliphatic heterocycles. The second-order valence-corrected chi connectivity index (χ2v) is 12.3. The molecule has 9 heteroatoms. The Morgan fingerprint density at radius 1 is 0.957 bits per heavy atom. The number of carbonyl (C=O) groups is 2. The van der Waals surface area contributed by atoms with Crippen molar-refractivity contribution in [2.45, 2.75) is 93.6 Å². The van der Waals surface area contributed by atoms with Gasteiger partial charge in [-0.3, -0.25) is 14.6 Å². The highest BCUT2D eigenvalue weighted by Gasteiger charge is 2.20.